The van der Waals surface area contributed by atoms with Crippen molar-refractivity contribution < 1.29 is 27.9 Å². The summed E-state index contributed by atoms with van der Waals surface area (Å²) < 4.78 is 34.5. The molecule has 2 heterocycles. The number of benzene rings is 1. The third kappa shape index (κ3) is 4.95. The predicted molar refractivity (Wildman–Crippen MR) is 124 cm³/mol. The summed E-state index contributed by atoms with van der Waals surface area (Å²) in [5.74, 6) is -1.24. The van der Waals surface area contributed by atoms with Gasteiger partial charge in [0.15, 0.2) is 6.61 Å². The third-order valence-electron chi connectivity index (χ3n) is 6.12. The number of aliphatic hydroxyl groups excluding tert-OH is 1. The molecule has 8 nitrogen and oxygen atoms in total. The predicted octanol–water partition coefficient (Wildman–Crippen LogP) is 2.46. The number of nitrogens with zero attached hydrogens (tertiary/aromatic N) is 2. The zero-order valence-electron chi connectivity index (χ0n) is 19.4. The van der Waals surface area contributed by atoms with Gasteiger partial charge in [-0.2, -0.15) is 4.31 Å². The average molecular weight is 475 g/mol. The van der Waals surface area contributed by atoms with Gasteiger partial charge in [0, 0.05) is 36.5 Å². The summed E-state index contributed by atoms with van der Waals surface area (Å²) in [6.07, 6.45) is 0.632. The summed E-state index contributed by atoms with van der Waals surface area (Å²) in [5.41, 5.74) is 3.80. The molecule has 0 saturated carbocycles. The van der Waals surface area contributed by atoms with Gasteiger partial charge in [-0.1, -0.05) is 12.1 Å². The molecule has 2 atom stereocenters. The van der Waals surface area contributed by atoms with Gasteiger partial charge in [-0.15, -0.1) is 6.58 Å². The summed E-state index contributed by atoms with van der Waals surface area (Å²) in [4.78, 5) is 25.5. The number of ether oxygens (including phenoxy) is 1. The van der Waals surface area contributed by atoms with Crippen molar-refractivity contribution in [2.45, 2.75) is 57.7 Å². The van der Waals surface area contributed by atoms with Gasteiger partial charge in [-0.3, -0.25) is 9.59 Å². The maximum atomic E-state index is 13.2. The molecule has 2 aromatic rings. The molecule has 1 saturated heterocycles. The fraction of sp³-hybridized carbons (Fsp3) is 0.417. The lowest BCUT2D eigenvalue weighted by molar-refractivity contribution is -0.146. The molecule has 1 aromatic carbocycles. The Labute approximate surface area is 194 Å². The van der Waals surface area contributed by atoms with E-state index < -0.39 is 34.7 Å². The summed E-state index contributed by atoms with van der Waals surface area (Å²) in [7, 11) is -4.04. The van der Waals surface area contributed by atoms with Gasteiger partial charge in [0.25, 0.3) is 0 Å². The van der Waals surface area contributed by atoms with Gasteiger partial charge in [0.2, 0.25) is 15.8 Å². The smallest absolute Gasteiger partial charge is 0.325 e. The molecular formula is C24H30N2O6S. The number of aromatic nitrogens is 1. The fourth-order valence-electron chi connectivity index (χ4n) is 4.08. The minimum atomic E-state index is -4.04. The van der Waals surface area contributed by atoms with Crippen molar-refractivity contribution in [2.75, 3.05) is 13.2 Å². The van der Waals surface area contributed by atoms with E-state index in [9.17, 15) is 23.1 Å². The zero-order valence-corrected chi connectivity index (χ0v) is 20.2. The monoisotopic (exact) mass is 474 g/mol. The zero-order chi connectivity index (χ0) is 24.5. The summed E-state index contributed by atoms with van der Waals surface area (Å²) >= 11 is 0. The lowest BCUT2D eigenvalue weighted by Gasteiger charge is -2.22. The van der Waals surface area contributed by atoms with Crippen LogP contribution < -0.4 is 0 Å². The first kappa shape index (κ1) is 24.9. The van der Waals surface area contributed by atoms with Crippen LogP contribution in [0.5, 0.6) is 0 Å². The third-order valence-corrected chi connectivity index (χ3v) is 7.99. The lowest BCUT2D eigenvalue weighted by atomic mass is 10.1. The molecule has 1 N–H and O–H groups in total. The number of aliphatic hydroxyl groups is 1. The number of hydrogen-bond donors (Lipinski definition) is 1. The van der Waals surface area contributed by atoms with Crippen LogP contribution in [-0.2, 0) is 26.1 Å². The molecular weight excluding hydrogens is 444 g/mol. The summed E-state index contributed by atoms with van der Waals surface area (Å²) in [5, 5.41) is 10.1. The first-order valence-electron chi connectivity index (χ1n) is 10.7. The van der Waals surface area contributed by atoms with Gasteiger partial charge in [0.1, 0.15) is 6.04 Å². The van der Waals surface area contributed by atoms with Crippen LogP contribution in [0.15, 0.2) is 41.8 Å². The normalized spacial score (nSPS) is 18.9. The molecule has 1 aromatic heterocycles. The second-order valence-corrected chi connectivity index (χ2v) is 10.3. The van der Waals surface area contributed by atoms with Crippen LogP contribution in [0, 0.1) is 27.7 Å². The molecule has 1 aliphatic rings. The molecule has 1 fully saturated rings. The average Bonchev–Trinajstić information content (AvgIpc) is 3.29. The van der Waals surface area contributed by atoms with Crippen LogP contribution in [0.25, 0.3) is 0 Å². The van der Waals surface area contributed by atoms with E-state index in [0.717, 1.165) is 26.8 Å². The van der Waals surface area contributed by atoms with Crippen LogP contribution in [0.3, 0.4) is 0 Å². The first-order chi connectivity index (χ1) is 15.5. The Morgan fingerprint density at radius 2 is 1.88 bits per heavy atom. The Kier molecular flexibility index (Phi) is 7.26. The standard InChI is InChI=1S/C24H30N2O6S/c1-6-9-25-17(4)11-21(18(25)5)23(28)14-32-24(29)22-12-19(27)13-26(22)33(30,31)20-8-7-15(2)16(3)10-20/h6-8,10-11,19,22,27H,1,9,12-14H2,2-5H3/t19?,22-/m0/s1. The van der Waals surface area contributed by atoms with E-state index in [4.69, 9.17) is 4.74 Å². The Morgan fingerprint density at radius 3 is 2.52 bits per heavy atom. The van der Waals surface area contributed by atoms with E-state index in [1.165, 1.54) is 6.07 Å². The molecule has 0 bridgehead atoms. The minimum Gasteiger partial charge on any atom is -0.456 e. The van der Waals surface area contributed by atoms with Crippen molar-refractivity contribution in [1.29, 1.82) is 0 Å². The van der Waals surface area contributed by atoms with Gasteiger partial charge in [-0.05, 0) is 57.0 Å². The van der Waals surface area contributed by atoms with Crippen molar-refractivity contribution in [1.82, 2.24) is 8.87 Å². The highest BCUT2D eigenvalue weighted by atomic mass is 32.2. The van der Waals surface area contributed by atoms with Gasteiger partial charge in [0.05, 0.1) is 11.0 Å². The van der Waals surface area contributed by atoms with E-state index in [1.54, 1.807) is 38.1 Å². The Balaban J connectivity index is 1.76. The summed E-state index contributed by atoms with van der Waals surface area (Å²) in [6.45, 7) is 10.9. The van der Waals surface area contributed by atoms with Crippen LogP contribution in [0.2, 0.25) is 0 Å². The number of allylic oxidation sites excluding steroid dienone is 1. The summed E-state index contributed by atoms with van der Waals surface area (Å²) in [6, 6.07) is 5.25. The number of hydrogen-bond acceptors (Lipinski definition) is 6. The highest BCUT2D eigenvalue weighted by molar-refractivity contribution is 7.89. The lowest BCUT2D eigenvalue weighted by Crippen LogP contribution is -2.42. The van der Waals surface area contributed by atoms with E-state index in [1.807, 2.05) is 18.4 Å². The van der Waals surface area contributed by atoms with Crippen LogP contribution in [0.4, 0.5) is 0 Å². The number of ketones is 1. The van der Waals surface area contributed by atoms with Gasteiger partial charge < -0.3 is 14.4 Å². The number of β-amino-alcohol motifs (C(OH)–C–C–N with tert-alkyl or cyclic N) is 1. The number of aryl methyl sites for hydroxylation is 3. The number of rotatable bonds is 8. The molecule has 9 heteroatoms. The van der Waals surface area contributed by atoms with Gasteiger partial charge in [-0.25, -0.2) is 8.42 Å². The van der Waals surface area contributed by atoms with Crippen LogP contribution >= 0.6 is 0 Å². The molecule has 0 aliphatic carbocycles. The number of carbonyl (C=O) groups is 2. The molecule has 1 aliphatic heterocycles. The van der Waals surface area contributed by atoms with Crippen LogP contribution in [-0.4, -0.2) is 59.4 Å². The van der Waals surface area contributed by atoms with Crippen molar-refractivity contribution in [3.05, 3.63) is 65.0 Å². The van der Waals surface area contributed by atoms with Crippen LogP contribution in [0.1, 0.15) is 39.3 Å². The van der Waals surface area contributed by atoms with E-state index in [0.29, 0.717) is 12.1 Å². The quantitative estimate of drug-likeness (QED) is 0.358. The van der Waals surface area contributed by atoms with Crippen molar-refractivity contribution in [2.24, 2.45) is 0 Å². The highest BCUT2D eigenvalue weighted by Crippen LogP contribution is 2.28. The molecule has 178 valence electrons. The maximum Gasteiger partial charge on any atom is 0.325 e. The van der Waals surface area contributed by atoms with E-state index in [2.05, 4.69) is 6.58 Å². The molecule has 0 radical (unpaired) electrons. The Bertz CT molecular complexity index is 1200. The van der Waals surface area contributed by atoms with Crippen molar-refractivity contribution in [3.8, 4) is 0 Å². The maximum absolute atomic E-state index is 13.2. The van der Waals surface area contributed by atoms with Crippen molar-refractivity contribution >= 4 is 21.8 Å². The van der Waals surface area contributed by atoms with E-state index in [-0.39, 0.29) is 23.6 Å². The number of sulfonamides is 1. The number of carbonyl (C=O) groups excluding carboxylic acids is 2. The number of Topliss-reactive ketones (excluding diaryl/α,β-unsaturated/α-hetero) is 1. The Hall–Kier alpha value is -2.75. The molecule has 1 unspecified atom stereocenters. The first-order valence-corrected chi connectivity index (χ1v) is 12.2. The molecule has 3 rings (SSSR count). The fourth-order valence-corrected chi connectivity index (χ4v) is 5.79. The molecule has 0 amide bonds. The van der Waals surface area contributed by atoms with E-state index >= 15 is 0 Å². The topological polar surface area (TPSA) is 106 Å². The second-order valence-electron chi connectivity index (χ2n) is 8.44. The Morgan fingerprint density at radius 1 is 1.18 bits per heavy atom. The highest BCUT2D eigenvalue weighted by Gasteiger charge is 2.44. The molecule has 0 spiro atoms. The van der Waals surface area contributed by atoms with Gasteiger partial charge >= 0.3 is 5.97 Å². The largest absolute Gasteiger partial charge is 0.456 e. The number of esters is 1. The second kappa shape index (κ2) is 9.62. The SMILES string of the molecule is C=CCn1c(C)cc(C(=O)COC(=O)[C@@H]2CC(O)CN2S(=O)(=O)c2ccc(C)c(C)c2)c1C. The van der Waals surface area contributed by atoms with Crippen molar-refractivity contribution in [3.63, 3.8) is 0 Å². The molecule has 33 heavy (non-hydrogen) atoms. The minimum absolute atomic E-state index is 0.0447.